The van der Waals surface area contributed by atoms with Crippen LogP contribution in [0.3, 0.4) is 0 Å². The maximum Gasteiger partial charge on any atom is 0.255 e. The van der Waals surface area contributed by atoms with Crippen LogP contribution in [0.4, 0.5) is 5.69 Å². The predicted molar refractivity (Wildman–Crippen MR) is 105 cm³/mol. The molecule has 136 valence electrons. The molecule has 3 rings (SSSR count). The van der Waals surface area contributed by atoms with Gasteiger partial charge in [-0.1, -0.05) is 42.8 Å². The maximum atomic E-state index is 12.7. The van der Waals surface area contributed by atoms with Gasteiger partial charge < -0.3 is 10.2 Å². The second-order valence-electron chi connectivity index (χ2n) is 6.61. The quantitative estimate of drug-likeness (QED) is 0.867. The molecule has 0 unspecified atom stereocenters. The number of carbonyl (C=O) groups is 2. The number of amides is 2. The summed E-state index contributed by atoms with van der Waals surface area (Å²) in [5.41, 5.74) is 2.52. The van der Waals surface area contributed by atoms with Crippen molar-refractivity contribution in [2.45, 2.75) is 26.2 Å². The first-order valence-electron chi connectivity index (χ1n) is 9.02. The molecule has 1 aliphatic heterocycles. The van der Waals surface area contributed by atoms with Crippen LogP contribution in [0.2, 0.25) is 5.02 Å². The summed E-state index contributed by atoms with van der Waals surface area (Å²) in [6, 6.07) is 14.9. The molecule has 0 saturated carbocycles. The number of rotatable bonds is 4. The van der Waals surface area contributed by atoms with Gasteiger partial charge >= 0.3 is 0 Å². The fourth-order valence-corrected chi connectivity index (χ4v) is 3.47. The van der Waals surface area contributed by atoms with E-state index in [2.05, 4.69) is 12.2 Å². The van der Waals surface area contributed by atoms with Crippen molar-refractivity contribution in [3.8, 4) is 0 Å². The van der Waals surface area contributed by atoms with E-state index in [1.165, 1.54) is 5.56 Å². The molecule has 0 bridgehead atoms. The molecule has 0 spiro atoms. The molecule has 1 N–H and O–H groups in total. The van der Waals surface area contributed by atoms with Crippen molar-refractivity contribution in [1.29, 1.82) is 0 Å². The van der Waals surface area contributed by atoms with Gasteiger partial charge in [0.1, 0.15) is 0 Å². The zero-order valence-corrected chi connectivity index (χ0v) is 15.6. The molecule has 0 aromatic heterocycles. The van der Waals surface area contributed by atoms with Crippen molar-refractivity contribution >= 4 is 29.1 Å². The Morgan fingerprint density at radius 3 is 2.58 bits per heavy atom. The average Bonchev–Trinajstić information content (AvgIpc) is 2.68. The van der Waals surface area contributed by atoms with Gasteiger partial charge in [-0.15, -0.1) is 0 Å². The zero-order valence-electron chi connectivity index (χ0n) is 14.9. The molecule has 4 nitrogen and oxygen atoms in total. The number of piperidine rings is 1. The molecule has 2 amide bonds. The van der Waals surface area contributed by atoms with Crippen molar-refractivity contribution in [3.63, 3.8) is 0 Å². The number of carbonyl (C=O) groups excluding carboxylic acids is 2. The highest BCUT2D eigenvalue weighted by Gasteiger charge is 2.29. The number of hydrogen-bond acceptors (Lipinski definition) is 2. The molecule has 1 aliphatic rings. The first kappa shape index (κ1) is 18.5. The first-order valence-corrected chi connectivity index (χ1v) is 9.40. The Hall–Kier alpha value is -2.33. The first-order chi connectivity index (χ1) is 12.6. The van der Waals surface area contributed by atoms with Gasteiger partial charge in [0.05, 0.1) is 16.5 Å². The van der Waals surface area contributed by atoms with Crippen LogP contribution in [0.15, 0.2) is 48.5 Å². The zero-order chi connectivity index (χ0) is 18.5. The number of nitrogens with one attached hydrogen (secondary N) is 1. The summed E-state index contributed by atoms with van der Waals surface area (Å²) in [7, 11) is 0. The van der Waals surface area contributed by atoms with Crippen molar-refractivity contribution in [2.75, 3.05) is 18.4 Å². The minimum Gasteiger partial charge on any atom is -0.338 e. The van der Waals surface area contributed by atoms with Crippen LogP contribution in [0.1, 0.15) is 35.7 Å². The lowest BCUT2D eigenvalue weighted by Gasteiger charge is -2.32. The summed E-state index contributed by atoms with van der Waals surface area (Å²) in [4.78, 5) is 27.1. The molecule has 1 atom stereocenters. The minimum absolute atomic E-state index is 0.0362. The number of likely N-dealkylation sites (tertiary alicyclic amines) is 1. The lowest BCUT2D eigenvalue weighted by molar-refractivity contribution is -0.121. The van der Waals surface area contributed by atoms with Gasteiger partial charge in [0, 0.05) is 18.8 Å². The van der Waals surface area contributed by atoms with Crippen LogP contribution in [0, 0.1) is 5.92 Å². The van der Waals surface area contributed by atoms with E-state index in [1.54, 1.807) is 29.2 Å². The van der Waals surface area contributed by atoms with Crippen LogP contribution < -0.4 is 5.32 Å². The molecule has 2 aromatic rings. The highest BCUT2D eigenvalue weighted by atomic mass is 35.5. The van der Waals surface area contributed by atoms with E-state index in [0.29, 0.717) is 23.7 Å². The van der Waals surface area contributed by atoms with Gasteiger partial charge in [-0.3, -0.25) is 9.59 Å². The van der Waals surface area contributed by atoms with E-state index in [4.69, 9.17) is 11.6 Å². The van der Waals surface area contributed by atoms with Gasteiger partial charge in [-0.2, -0.15) is 0 Å². The van der Waals surface area contributed by atoms with E-state index in [0.717, 1.165) is 24.9 Å². The molecule has 1 fully saturated rings. The Balaban J connectivity index is 1.64. The topological polar surface area (TPSA) is 49.4 Å². The normalized spacial score (nSPS) is 17.0. The molecule has 1 heterocycles. The molecule has 0 radical (unpaired) electrons. The summed E-state index contributed by atoms with van der Waals surface area (Å²) < 4.78 is 0. The molecule has 2 aromatic carbocycles. The van der Waals surface area contributed by atoms with Gasteiger partial charge in [0.25, 0.3) is 5.91 Å². The lowest BCUT2D eigenvalue weighted by Crippen LogP contribution is -2.43. The third-order valence-electron chi connectivity index (χ3n) is 4.81. The van der Waals surface area contributed by atoms with E-state index >= 15 is 0 Å². The summed E-state index contributed by atoms with van der Waals surface area (Å²) in [6.07, 6.45) is 2.56. The standard InChI is InChI=1S/C21H23ClN2O2/c1-2-15-9-11-17(12-10-15)23-20(25)16-6-5-13-24(14-16)21(26)18-7-3-4-8-19(18)22/h3-4,7-12,16H,2,5-6,13-14H2,1H3,(H,23,25)/t16-/m0/s1. The Bertz CT molecular complexity index is 789. The van der Waals surface area contributed by atoms with Gasteiger partial charge in [0.15, 0.2) is 0 Å². The van der Waals surface area contributed by atoms with Crippen molar-refractivity contribution in [1.82, 2.24) is 4.90 Å². The monoisotopic (exact) mass is 370 g/mol. The SMILES string of the molecule is CCc1ccc(NC(=O)[C@H]2CCCN(C(=O)c3ccccc3Cl)C2)cc1. The Morgan fingerprint density at radius 1 is 1.15 bits per heavy atom. The summed E-state index contributed by atoms with van der Waals surface area (Å²) >= 11 is 6.14. The van der Waals surface area contributed by atoms with Crippen molar-refractivity contribution < 1.29 is 9.59 Å². The second-order valence-corrected chi connectivity index (χ2v) is 7.02. The third kappa shape index (κ3) is 4.25. The fraction of sp³-hybridized carbons (Fsp3) is 0.333. The largest absolute Gasteiger partial charge is 0.338 e. The Labute approximate surface area is 159 Å². The third-order valence-corrected chi connectivity index (χ3v) is 5.14. The fourth-order valence-electron chi connectivity index (χ4n) is 3.25. The highest BCUT2D eigenvalue weighted by Crippen LogP contribution is 2.23. The number of hydrogen-bond donors (Lipinski definition) is 1. The van der Waals surface area contributed by atoms with Crippen LogP contribution in [0.5, 0.6) is 0 Å². The second kappa shape index (κ2) is 8.37. The molecule has 1 saturated heterocycles. The smallest absolute Gasteiger partial charge is 0.255 e. The van der Waals surface area contributed by atoms with Gasteiger partial charge in [0.2, 0.25) is 5.91 Å². The van der Waals surface area contributed by atoms with Gasteiger partial charge in [-0.05, 0) is 49.1 Å². The summed E-state index contributed by atoms with van der Waals surface area (Å²) in [5, 5.41) is 3.42. The van der Waals surface area contributed by atoms with Gasteiger partial charge in [-0.25, -0.2) is 0 Å². The minimum atomic E-state index is -0.207. The van der Waals surface area contributed by atoms with E-state index < -0.39 is 0 Å². The number of anilines is 1. The van der Waals surface area contributed by atoms with Crippen LogP contribution in [0.25, 0.3) is 0 Å². The van der Waals surface area contributed by atoms with Crippen LogP contribution in [-0.4, -0.2) is 29.8 Å². The molecular formula is C21H23ClN2O2. The molecule has 0 aliphatic carbocycles. The van der Waals surface area contributed by atoms with E-state index in [-0.39, 0.29) is 17.7 Å². The summed E-state index contributed by atoms with van der Waals surface area (Å²) in [5.74, 6) is -0.354. The summed E-state index contributed by atoms with van der Waals surface area (Å²) in [6.45, 7) is 3.17. The number of nitrogens with zero attached hydrogens (tertiary/aromatic N) is 1. The Kier molecular flexibility index (Phi) is 5.94. The highest BCUT2D eigenvalue weighted by molar-refractivity contribution is 6.33. The van der Waals surface area contributed by atoms with Crippen molar-refractivity contribution in [3.05, 3.63) is 64.7 Å². The average molecular weight is 371 g/mol. The number of benzene rings is 2. The molecule has 5 heteroatoms. The molecule has 26 heavy (non-hydrogen) atoms. The Morgan fingerprint density at radius 2 is 1.88 bits per heavy atom. The van der Waals surface area contributed by atoms with E-state index in [1.807, 2.05) is 24.3 Å². The van der Waals surface area contributed by atoms with Crippen molar-refractivity contribution in [2.24, 2.45) is 5.92 Å². The predicted octanol–water partition coefficient (Wildman–Crippen LogP) is 4.39. The lowest BCUT2D eigenvalue weighted by atomic mass is 9.96. The molecular weight excluding hydrogens is 348 g/mol. The van der Waals surface area contributed by atoms with E-state index in [9.17, 15) is 9.59 Å². The number of aryl methyl sites for hydroxylation is 1. The van der Waals surface area contributed by atoms with Crippen LogP contribution in [-0.2, 0) is 11.2 Å². The number of halogens is 1. The van der Waals surface area contributed by atoms with Crippen LogP contribution >= 0.6 is 11.6 Å². The maximum absolute atomic E-state index is 12.7.